The van der Waals surface area contributed by atoms with Crippen molar-refractivity contribution in [1.29, 1.82) is 0 Å². The van der Waals surface area contributed by atoms with E-state index in [0.29, 0.717) is 0 Å². The van der Waals surface area contributed by atoms with Gasteiger partial charge < -0.3 is 15.3 Å². The molecule has 0 atom stereocenters. The predicted octanol–water partition coefficient (Wildman–Crippen LogP) is 2.00. The summed E-state index contributed by atoms with van der Waals surface area (Å²) in [6, 6.07) is 0. The molecule has 0 radical (unpaired) electrons. The Bertz CT molecular complexity index is 369. The number of hydrogen-bond donors (Lipinski definition) is 3. The molecule has 0 spiro atoms. The number of aromatic hydroxyl groups is 3. The summed E-state index contributed by atoms with van der Waals surface area (Å²) in [5.74, 6) is -3.37. The molecule has 0 aliphatic carbocycles. The Morgan fingerprint density at radius 2 is 0.800 bits per heavy atom. The second kappa shape index (κ2) is 3.65. The molecule has 0 unspecified atom stereocenters. The lowest BCUT2D eigenvalue weighted by molar-refractivity contribution is 0.434. The third-order valence-corrected chi connectivity index (χ3v) is 1.62. The SMILES string of the molecule is O=Nc1c(O)c(N=O)c(O)c(N=O)c1O. The monoisotopic (exact) mass is 213 g/mol. The molecule has 0 amide bonds. The van der Waals surface area contributed by atoms with Gasteiger partial charge >= 0.3 is 0 Å². The lowest BCUT2D eigenvalue weighted by atomic mass is 10.2. The van der Waals surface area contributed by atoms with E-state index in [-0.39, 0.29) is 0 Å². The van der Waals surface area contributed by atoms with Crippen molar-refractivity contribution in [2.45, 2.75) is 0 Å². The van der Waals surface area contributed by atoms with E-state index < -0.39 is 34.3 Å². The molecule has 78 valence electrons. The molecule has 1 aromatic carbocycles. The van der Waals surface area contributed by atoms with Crippen LogP contribution >= 0.6 is 0 Å². The highest BCUT2D eigenvalue weighted by atomic mass is 16.3. The topological polar surface area (TPSA) is 149 Å². The largest absolute Gasteiger partial charge is 0.503 e. The summed E-state index contributed by atoms with van der Waals surface area (Å²) in [5, 5.41) is 33.9. The molecule has 3 N–H and O–H groups in total. The van der Waals surface area contributed by atoms with Gasteiger partial charge in [-0.15, -0.1) is 14.7 Å². The van der Waals surface area contributed by atoms with E-state index in [2.05, 4.69) is 15.5 Å². The third kappa shape index (κ3) is 1.35. The first-order chi connectivity index (χ1) is 7.08. The molecule has 0 heterocycles. The normalized spacial score (nSPS) is 9.60. The van der Waals surface area contributed by atoms with Gasteiger partial charge in [-0.3, -0.25) is 0 Å². The van der Waals surface area contributed by atoms with E-state index in [1.54, 1.807) is 0 Å². The average molecular weight is 213 g/mol. The van der Waals surface area contributed by atoms with Crippen LogP contribution in [0.25, 0.3) is 0 Å². The van der Waals surface area contributed by atoms with Crippen molar-refractivity contribution in [1.82, 2.24) is 0 Å². The maximum Gasteiger partial charge on any atom is 0.196 e. The van der Waals surface area contributed by atoms with Crippen molar-refractivity contribution >= 4 is 17.1 Å². The predicted molar refractivity (Wildman–Crippen MR) is 47.8 cm³/mol. The Kier molecular flexibility index (Phi) is 2.56. The Balaban J connectivity index is 3.79. The van der Waals surface area contributed by atoms with Gasteiger partial charge in [0.2, 0.25) is 0 Å². The molecule has 0 aromatic heterocycles. The van der Waals surface area contributed by atoms with Gasteiger partial charge in [-0.1, -0.05) is 0 Å². The van der Waals surface area contributed by atoms with Crippen molar-refractivity contribution in [2.75, 3.05) is 0 Å². The van der Waals surface area contributed by atoms with Gasteiger partial charge in [-0.25, -0.2) is 0 Å². The molecule has 1 aromatic rings. The quantitative estimate of drug-likeness (QED) is 0.653. The molecule has 9 nitrogen and oxygen atoms in total. The molecule has 15 heavy (non-hydrogen) atoms. The first-order valence-electron chi connectivity index (χ1n) is 3.39. The standard InChI is InChI=1S/C6H3N3O6/c10-4-1(7-13)5(11)3(9-15)6(12)2(4)8-14/h10-12H. The minimum atomic E-state index is -1.12. The number of benzene rings is 1. The first-order valence-corrected chi connectivity index (χ1v) is 3.39. The van der Waals surface area contributed by atoms with Crippen molar-refractivity contribution < 1.29 is 15.3 Å². The number of nitrogens with zero attached hydrogens (tertiary/aromatic N) is 3. The van der Waals surface area contributed by atoms with Crippen LogP contribution in [0.15, 0.2) is 15.5 Å². The summed E-state index contributed by atoms with van der Waals surface area (Å²) in [6.45, 7) is 0. The molecule has 1 rings (SSSR count). The average Bonchev–Trinajstić information content (AvgIpc) is 2.19. The summed E-state index contributed by atoms with van der Waals surface area (Å²) >= 11 is 0. The molecule has 0 aliphatic rings. The van der Waals surface area contributed by atoms with E-state index >= 15 is 0 Å². The Morgan fingerprint density at radius 1 is 0.600 bits per heavy atom. The van der Waals surface area contributed by atoms with Crippen LogP contribution in [0.3, 0.4) is 0 Å². The van der Waals surface area contributed by atoms with Gasteiger partial charge in [0, 0.05) is 0 Å². The van der Waals surface area contributed by atoms with Crippen LogP contribution in [-0.4, -0.2) is 15.3 Å². The number of rotatable bonds is 3. The zero-order valence-electron chi connectivity index (χ0n) is 6.91. The van der Waals surface area contributed by atoms with Crippen LogP contribution in [0.4, 0.5) is 17.1 Å². The molecule has 0 fully saturated rings. The molecule has 0 saturated heterocycles. The first kappa shape index (κ1) is 10.5. The van der Waals surface area contributed by atoms with E-state index in [9.17, 15) is 14.7 Å². The summed E-state index contributed by atoms with van der Waals surface area (Å²) in [5.41, 5.74) is -2.97. The van der Waals surface area contributed by atoms with Crippen LogP contribution in [0.1, 0.15) is 0 Å². The zero-order chi connectivity index (χ0) is 11.6. The van der Waals surface area contributed by atoms with Crippen LogP contribution in [0, 0.1) is 14.7 Å². The Morgan fingerprint density at radius 3 is 0.933 bits per heavy atom. The van der Waals surface area contributed by atoms with Crippen LogP contribution in [0.2, 0.25) is 0 Å². The fraction of sp³-hybridized carbons (Fsp3) is 0. The minimum Gasteiger partial charge on any atom is -0.503 e. The maximum atomic E-state index is 10.2. The zero-order valence-corrected chi connectivity index (χ0v) is 6.91. The number of hydrogen-bond acceptors (Lipinski definition) is 9. The molecule has 9 heteroatoms. The highest BCUT2D eigenvalue weighted by molar-refractivity contribution is 5.86. The number of phenolic OH excluding ortho intramolecular Hbond substituents is 3. The van der Waals surface area contributed by atoms with E-state index in [4.69, 9.17) is 15.3 Å². The summed E-state index contributed by atoms with van der Waals surface area (Å²) in [7, 11) is 0. The van der Waals surface area contributed by atoms with Crippen molar-refractivity contribution in [3.8, 4) is 17.2 Å². The number of nitroso groups, excluding NO2 is 3. The lowest BCUT2D eigenvalue weighted by Crippen LogP contribution is -1.77. The highest BCUT2D eigenvalue weighted by Gasteiger charge is 2.26. The second-order valence-corrected chi connectivity index (χ2v) is 2.37. The van der Waals surface area contributed by atoms with Gasteiger partial charge in [0.1, 0.15) is 0 Å². The van der Waals surface area contributed by atoms with Gasteiger partial charge in [-0.2, -0.15) is 0 Å². The maximum absolute atomic E-state index is 10.2. The van der Waals surface area contributed by atoms with Crippen LogP contribution in [0.5, 0.6) is 17.2 Å². The molecular weight excluding hydrogens is 210 g/mol. The molecular formula is C6H3N3O6. The molecule has 0 saturated carbocycles. The third-order valence-electron chi connectivity index (χ3n) is 1.62. The van der Waals surface area contributed by atoms with Gasteiger partial charge in [0.05, 0.1) is 0 Å². The van der Waals surface area contributed by atoms with Crippen molar-refractivity contribution in [3.63, 3.8) is 0 Å². The molecule has 0 bridgehead atoms. The second-order valence-electron chi connectivity index (χ2n) is 2.37. The fourth-order valence-corrected chi connectivity index (χ4v) is 0.932. The van der Waals surface area contributed by atoms with E-state index in [1.165, 1.54) is 0 Å². The van der Waals surface area contributed by atoms with Gasteiger partial charge in [0.25, 0.3) is 0 Å². The summed E-state index contributed by atoms with van der Waals surface area (Å²) < 4.78 is 0. The Hall–Kier alpha value is -2.58. The smallest absolute Gasteiger partial charge is 0.196 e. The minimum absolute atomic E-state index is 0.989. The van der Waals surface area contributed by atoms with Gasteiger partial charge in [-0.05, 0) is 15.5 Å². The highest BCUT2D eigenvalue weighted by Crippen LogP contribution is 2.55. The fourth-order valence-electron chi connectivity index (χ4n) is 0.932. The summed E-state index contributed by atoms with van der Waals surface area (Å²) in [4.78, 5) is 30.5. The Labute approximate surface area is 80.9 Å². The molecule has 0 aliphatic heterocycles. The summed E-state index contributed by atoms with van der Waals surface area (Å²) in [6.07, 6.45) is 0. The number of phenols is 3. The van der Waals surface area contributed by atoms with E-state index in [1.807, 2.05) is 0 Å². The van der Waals surface area contributed by atoms with Crippen molar-refractivity contribution in [2.24, 2.45) is 15.5 Å². The van der Waals surface area contributed by atoms with Crippen LogP contribution < -0.4 is 0 Å². The lowest BCUT2D eigenvalue weighted by Gasteiger charge is -2.05. The van der Waals surface area contributed by atoms with Crippen molar-refractivity contribution in [3.05, 3.63) is 14.7 Å². The van der Waals surface area contributed by atoms with Crippen LogP contribution in [-0.2, 0) is 0 Å². The van der Waals surface area contributed by atoms with Gasteiger partial charge in [0.15, 0.2) is 34.3 Å². The van der Waals surface area contributed by atoms with E-state index in [0.717, 1.165) is 0 Å².